The summed E-state index contributed by atoms with van der Waals surface area (Å²) in [5.74, 6) is -0.513. The second-order valence-corrected chi connectivity index (χ2v) is 3.42. The maximum atomic E-state index is 10.8. The molecule has 84 valence electrons. The van der Waals surface area contributed by atoms with E-state index in [9.17, 15) is 4.79 Å². The van der Waals surface area contributed by atoms with Gasteiger partial charge in [-0.3, -0.25) is 4.68 Å². The van der Waals surface area contributed by atoms with Crippen LogP contribution < -0.4 is 0 Å². The van der Waals surface area contributed by atoms with Gasteiger partial charge in [0, 0.05) is 24.4 Å². The molecule has 2 rings (SSSR count). The first-order valence-electron chi connectivity index (χ1n) is 4.99. The van der Waals surface area contributed by atoms with Crippen LogP contribution >= 0.6 is 0 Å². The minimum absolute atomic E-state index is 0.0450. The smallest absolute Gasteiger partial charge is 0.371 e. The van der Waals surface area contributed by atoms with E-state index in [-0.39, 0.29) is 5.76 Å². The zero-order valence-electron chi connectivity index (χ0n) is 9.10. The van der Waals surface area contributed by atoms with Crippen LogP contribution in [-0.2, 0) is 6.54 Å². The first kappa shape index (κ1) is 10.5. The molecule has 0 aromatic carbocycles. The number of aromatic nitrogens is 2. The van der Waals surface area contributed by atoms with Gasteiger partial charge >= 0.3 is 5.97 Å². The number of nitrogens with zero attached hydrogens (tertiary/aromatic N) is 2. The van der Waals surface area contributed by atoms with Crippen molar-refractivity contribution in [3.05, 3.63) is 29.9 Å². The summed E-state index contributed by atoms with van der Waals surface area (Å²) >= 11 is 0. The Hall–Kier alpha value is -2.04. The molecule has 0 bridgehead atoms. The Bertz CT molecular complexity index is 525. The topological polar surface area (TPSA) is 68.3 Å². The van der Waals surface area contributed by atoms with Crippen LogP contribution in [0, 0.1) is 6.92 Å². The van der Waals surface area contributed by atoms with Gasteiger partial charge in [0.2, 0.25) is 5.76 Å². The molecule has 5 heteroatoms. The van der Waals surface area contributed by atoms with Gasteiger partial charge in [0.1, 0.15) is 5.76 Å². The molecular formula is C11H12N2O3. The van der Waals surface area contributed by atoms with Gasteiger partial charge in [-0.1, -0.05) is 0 Å². The lowest BCUT2D eigenvalue weighted by Crippen LogP contribution is -1.98. The minimum Gasteiger partial charge on any atom is -0.475 e. The van der Waals surface area contributed by atoms with E-state index in [1.165, 1.54) is 6.07 Å². The van der Waals surface area contributed by atoms with Gasteiger partial charge in [0.15, 0.2) is 0 Å². The van der Waals surface area contributed by atoms with Gasteiger partial charge in [0.05, 0.1) is 5.69 Å². The van der Waals surface area contributed by atoms with Gasteiger partial charge in [-0.2, -0.15) is 5.10 Å². The van der Waals surface area contributed by atoms with E-state index in [1.54, 1.807) is 17.8 Å². The van der Waals surface area contributed by atoms with Crippen molar-refractivity contribution in [1.82, 2.24) is 9.78 Å². The Kier molecular flexibility index (Phi) is 2.52. The molecule has 0 spiro atoms. The molecule has 0 radical (unpaired) electrons. The summed E-state index contributed by atoms with van der Waals surface area (Å²) in [6.07, 6.45) is 1.69. The number of carboxylic acid groups (broad SMARTS) is 1. The number of aryl methyl sites for hydroxylation is 2. The standard InChI is InChI=1S/C11H12N2O3/c1-3-13-9(4-5-12-13)8-6-10(11(14)15)16-7(8)2/h4-6H,3H2,1-2H3,(H,14,15). The van der Waals surface area contributed by atoms with Crippen LogP contribution in [0.4, 0.5) is 0 Å². The van der Waals surface area contributed by atoms with Crippen molar-refractivity contribution in [3.63, 3.8) is 0 Å². The Morgan fingerprint density at radius 1 is 1.62 bits per heavy atom. The number of carbonyl (C=O) groups is 1. The second kappa shape index (κ2) is 3.84. The lowest BCUT2D eigenvalue weighted by Gasteiger charge is -2.02. The molecule has 0 saturated heterocycles. The molecule has 16 heavy (non-hydrogen) atoms. The number of carboxylic acids is 1. The summed E-state index contributed by atoms with van der Waals surface area (Å²) in [5.41, 5.74) is 1.65. The maximum absolute atomic E-state index is 10.8. The monoisotopic (exact) mass is 220 g/mol. The third-order valence-electron chi connectivity index (χ3n) is 2.42. The first-order valence-corrected chi connectivity index (χ1v) is 4.99. The first-order chi connectivity index (χ1) is 7.63. The fourth-order valence-corrected chi connectivity index (χ4v) is 1.66. The predicted molar refractivity (Wildman–Crippen MR) is 57.3 cm³/mol. The fourth-order valence-electron chi connectivity index (χ4n) is 1.66. The SMILES string of the molecule is CCn1nccc1-c1cc(C(=O)O)oc1C. The van der Waals surface area contributed by atoms with Gasteiger partial charge < -0.3 is 9.52 Å². The third-order valence-corrected chi connectivity index (χ3v) is 2.42. The lowest BCUT2D eigenvalue weighted by atomic mass is 10.2. The van der Waals surface area contributed by atoms with Crippen LogP contribution in [0.25, 0.3) is 11.3 Å². The molecule has 0 amide bonds. The van der Waals surface area contributed by atoms with E-state index >= 15 is 0 Å². The van der Waals surface area contributed by atoms with Crippen LogP contribution in [0.3, 0.4) is 0 Å². The molecule has 0 aliphatic carbocycles. The average molecular weight is 220 g/mol. The average Bonchev–Trinajstić information content (AvgIpc) is 2.82. The van der Waals surface area contributed by atoms with E-state index in [1.807, 2.05) is 13.0 Å². The number of hydrogen-bond donors (Lipinski definition) is 1. The van der Waals surface area contributed by atoms with Crippen molar-refractivity contribution in [2.45, 2.75) is 20.4 Å². The lowest BCUT2D eigenvalue weighted by molar-refractivity contribution is 0.0661. The summed E-state index contributed by atoms with van der Waals surface area (Å²) < 4.78 is 6.95. The Morgan fingerprint density at radius 3 is 2.94 bits per heavy atom. The van der Waals surface area contributed by atoms with Crippen molar-refractivity contribution in [3.8, 4) is 11.3 Å². The molecule has 0 unspecified atom stereocenters. The summed E-state index contributed by atoms with van der Waals surface area (Å²) in [6, 6.07) is 3.37. The predicted octanol–water partition coefficient (Wildman–Crippen LogP) is 2.17. The highest BCUT2D eigenvalue weighted by atomic mass is 16.4. The normalized spacial score (nSPS) is 10.6. The molecule has 0 aliphatic rings. The number of rotatable bonds is 3. The van der Waals surface area contributed by atoms with Crippen molar-refractivity contribution < 1.29 is 14.3 Å². The number of hydrogen-bond acceptors (Lipinski definition) is 3. The summed E-state index contributed by atoms with van der Waals surface area (Å²) in [4.78, 5) is 10.8. The van der Waals surface area contributed by atoms with E-state index in [0.29, 0.717) is 5.76 Å². The zero-order chi connectivity index (χ0) is 11.7. The van der Waals surface area contributed by atoms with Crippen molar-refractivity contribution >= 4 is 5.97 Å². The zero-order valence-corrected chi connectivity index (χ0v) is 9.10. The second-order valence-electron chi connectivity index (χ2n) is 3.42. The Balaban J connectivity index is 2.52. The molecule has 1 N–H and O–H groups in total. The molecule has 2 heterocycles. The van der Waals surface area contributed by atoms with Crippen LogP contribution in [0.2, 0.25) is 0 Å². The number of furan rings is 1. The molecule has 0 atom stereocenters. The highest BCUT2D eigenvalue weighted by Gasteiger charge is 2.16. The van der Waals surface area contributed by atoms with Gasteiger partial charge in [-0.15, -0.1) is 0 Å². The Labute approximate surface area is 92.3 Å². The molecule has 0 fully saturated rings. The summed E-state index contributed by atoms with van der Waals surface area (Å²) in [7, 11) is 0. The van der Waals surface area contributed by atoms with Gasteiger partial charge in [-0.25, -0.2) is 4.79 Å². The molecule has 2 aromatic rings. The summed E-state index contributed by atoms with van der Waals surface area (Å²) in [6.45, 7) is 4.45. The molecule has 0 aliphatic heterocycles. The molecule has 2 aromatic heterocycles. The fraction of sp³-hybridized carbons (Fsp3) is 0.273. The van der Waals surface area contributed by atoms with Crippen molar-refractivity contribution in [2.75, 3.05) is 0 Å². The van der Waals surface area contributed by atoms with Crippen LogP contribution in [0.5, 0.6) is 0 Å². The Morgan fingerprint density at radius 2 is 2.38 bits per heavy atom. The highest BCUT2D eigenvalue weighted by Crippen LogP contribution is 2.26. The van der Waals surface area contributed by atoms with Crippen LogP contribution in [0.15, 0.2) is 22.7 Å². The highest BCUT2D eigenvalue weighted by molar-refractivity contribution is 5.86. The van der Waals surface area contributed by atoms with Gasteiger partial charge in [-0.05, 0) is 19.9 Å². The molecular weight excluding hydrogens is 208 g/mol. The van der Waals surface area contributed by atoms with Gasteiger partial charge in [0.25, 0.3) is 0 Å². The van der Waals surface area contributed by atoms with E-state index in [4.69, 9.17) is 9.52 Å². The quantitative estimate of drug-likeness (QED) is 0.860. The minimum atomic E-state index is -1.06. The van der Waals surface area contributed by atoms with Crippen LogP contribution in [-0.4, -0.2) is 20.9 Å². The van der Waals surface area contributed by atoms with E-state index < -0.39 is 5.97 Å². The summed E-state index contributed by atoms with van der Waals surface area (Å²) in [5, 5.41) is 13.0. The molecule has 5 nitrogen and oxygen atoms in total. The maximum Gasteiger partial charge on any atom is 0.371 e. The van der Waals surface area contributed by atoms with E-state index in [2.05, 4.69) is 5.10 Å². The number of aromatic carboxylic acids is 1. The van der Waals surface area contributed by atoms with Crippen molar-refractivity contribution in [1.29, 1.82) is 0 Å². The van der Waals surface area contributed by atoms with E-state index in [0.717, 1.165) is 17.8 Å². The molecule has 0 saturated carbocycles. The van der Waals surface area contributed by atoms with Crippen molar-refractivity contribution in [2.24, 2.45) is 0 Å². The van der Waals surface area contributed by atoms with Crippen LogP contribution in [0.1, 0.15) is 23.2 Å². The third kappa shape index (κ3) is 1.60. The largest absolute Gasteiger partial charge is 0.475 e.